The van der Waals surface area contributed by atoms with Gasteiger partial charge >= 0.3 is 39.5 Å². The van der Waals surface area contributed by atoms with Crippen LogP contribution in [0.25, 0.3) is 0 Å². The van der Waals surface area contributed by atoms with Crippen LogP contribution < -0.4 is 0 Å². The van der Waals surface area contributed by atoms with Crippen molar-refractivity contribution in [3.8, 4) is 0 Å². The summed E-state index contributed by atoms with van der Waals surface area (Å²) < 4.78 is 68.2. The second kappa shape index (κ2) is 58.8. The third-order valence-electron chi connectivity index (χ3n) is 15.8. The van der Waals surface area contributed by atoms with Crippen LogP contribution in [0.3, 0.4) is 0 Å². The van der Waals surface area contributed by atoms with E-state index >= 15 is 0 Å². The van der Waals surface area contributed by atoms with Crippen LogP contribution in [0.2, 0.25) is 0 Å². The molecule has 0 amide bonds. The maximum absolute atomic E-state index is 13.0. The molecule has 0 aromatic rings. The number of ether oxygens (including phenoxy) is 4. The van der Waals surface area contributed by atoms with Crippen molar-refractivity contribution in [2.45, 2.75) is 356 Å². The minimum Gasteiger partial charge on any atom is -0.462 e. The molecule has 0 aliphatic carbocycles. The Bertz CT molecular complexity index is 1750. The molecule has 88 heavy (non-hydrogen) atoms. The predicted molar refractivity (Wildman–Crippen MR) is 354 cm³/mol. The summed E-state index contributed by atoms with van der Waals surface area (Å²) in [7, 11) is -9.90. The van der Waals surface area contributed by atoms with E-state index in [1.54, 1.807) is 0 Å². The molecule has 0 fully saturated rings. The molecule has 0 saturated carbocycles. The quantitative estimate of drug-likeness (QED) is 0.0222. The molecule has 0 radical (unpaired) electrons. The van der Waals surface area contributed by atoms with Gasteiger partial charge in [-0.15, -0.1) is 0 Å². The summed E-state index contributed by atoms with van der Waals surface area (Å²) in [4.78, 5) is 72.4. The van der Waals surface area contributed by atoms with E-state index in [9.17, 15) is 43.2 Å². The largest absolute Gasteiger partial charge is 0.472 e. The first kappa shape index (κ1) is 86.1. The fourth-order valence-corrected chi connectivity index (χ4v) is 11.9. The molecule has 0 bridgehead atoms. The van der Waals surface area contributed by atoms with E-state index in [1.165, 1.54) is 128 Å². The van der Waals surface area contributed by atoms with Gasteiger partial charge in [-0.3, -0.25) is 37.3 Å². The van der Waals surface area contributed by atoms with Gasteiger partial charge in [0, 0.05) is 25.7 Å². The zero-order chi connectivity index (χ0) is 65.4. The maximum Gasteiger partial charge on any atom is 0.472 e. The molecule has 5 atom stereocenters. The minimum atomic E-state index is -4.95. The summed E-state index contributed by atoms with van der Waals surface area (Å²) in [5.41, 5.74) is 0. The van der Waals surface area contributed by atoms with Gasteiger partial charge in [-0.1, -0.05) is 287 Å². The zero-order valence-electron chi connectivity index (χ0n) is 57.3. The molecule has 522 valence electrons. The van der Waals surface area contributed by atoms with Crippen LogP contribution in [-0.2, 0) is 65.4 Å². The first-order chi connectivity index (χ1) is 42.1. The van der Waals surface area contributed by atoms with Crippen LogP contribution in [-0.4, -0.2) is 96.7 Å². The lowest BCUT2D eigenvalue weighted by Crippen LogP contribution is -2.30. The molecular formula is C69H134O17P2. The third-order valence-corrected chi connectivity index (χ3v) is 17.7. The SMILES string of the molecule is CC(C)CCCCCCCCCCCCCCCCC(=O)O[C@H](COC(=O)CCCCCCCCC(C)C)COP(=O)(O)OC[C@@H](O)COP(=O)(O)OC[C@@H](COC(=O)CCCCCCCCC(C)C)OC(=O)CCCCCCCCCCCCC(C)C. The van der Waals surface area contributed by atoms with Crippen LogP contribution in [0, 0.1) is 23.7 Å². The summed E-state index contributed by atoms with van der Waals surface area (Å²) in [5.74, 6) is 0.771. The Morgan fingerprint density at radius 1 is 0.284 bits per heavy atom. The van der Waals surface area contributed by atoms with Crippen LogP contribution >= 0.6 is 15.6 Å². The first-order valence-corrected chi connectivity index (χ1v) is 38.7. The van der Waals surface area contributed by atoms with E-state index in [2.05, 4.69) is 55.4 Å². The minimum absolute atomic E-state index is 0.104. The lowest BCUT2D eigenvalue weighted by molar-refractivity contribution is -0.161. The summed E-state index contributed by atoms with van der Waals surface area (Å²) in [5, 5.41) is 10.6. The van der Waals surface area contributed by atoms with Crippen LogP contribution in [0.1, 0.15) is 338 Å². The molecule has 0 saturated heterocycles. The molecule has 2 unspecified atom stereocenters. The number of aliphatic hydroxyl groups is 1. The number of carbonyl (C=O) groups excluding carboxylic acids is 4. The molecule has 19 heteroatoms. The van der Waals surface area contributed by atoms with Gasteiger partial charge in [0.15, 0.2) is 12.2 Å². The molecule has 0 aromatic carbocycles. The Morgan fingerprint density at radius 2 is 0.477 bits per heavy atom. The van der Waals surface area contributed by atoms with Gasteiger partial charge in [-0.2, -0.15) is 0 Å². The monoisotopic (exact) mass is 1300 g/mol. The van der Waals surface area contributed by atoms with Crippen molar-refractivity contribution in [3.05, 3.63) is 0 Å². The van der Waals surface area contributed by atoms with Crippen molar-refractivity contribution in [3.63, 3.8) is 0 Å². The number of phosphoric ester groups is 2. The van der Waals surface area contributed by atoms with Crippen molar-refractivity contribution in [1.82, 2.24) is 0 Å². The average Bonchev–Trinajstić information content (AvgIpc) is 3.66. The zero-order valence-corrected chi connectivity index (χ0v) is 59.1. The maximum atomic E-state index is 13.0. The van der Waals surface area contributed by atoms with Gasteiger partial charge in [-0.25, -0.2) is 9.13 Å². The Morgan fingerprint density at radius 3 is 0.705 bits per heavy atom. The summed E-state index contributed by atoms with van der Waals surface area (Å²) in [6, 6.07) is 0. The predicted octanol–water partition coefficient (Wildman–Crippen LogP) is 19.3. The summed E-state index contributed by atoms with van der Waals surface area (Å²) >= 11 is 0. The van der Waals surface area contributed by atoms with E-state index in [1.807, 2.05) is 0 Å². The van der Waals surface area contributed by atoms with E-state index in [4.69, 9.17) is 37.0 Å². The van der Waals surface area contributed by atoms with Crippen molar-refractivity contribution in [1.29, 1.82) is 0 Å². The molecule has 0 spiro atoms. The Labute approximate surface area is 537 Å². The highest BCUT2D eigenvalue weighted by molar-refractivity contribution is 7.47. The number of esters is 4. The molecule has 0 aromatic heterocycles. The number of phosphoric acid groups is 2. The molecule has 0 aliphatic heterocycles. The van der Waals surface area contributed by atoms with Crippen LogP contribution in [0.5, 0.6) is 0 Å². The standard InChI is InChI=1S/C69H134O17P2/c1-59(2)45-37-29-21-17-13-11-9-10-12-14-19-23-35-43-51-68(73)85-64(55-79-66(71)49-41-33-27-25-31-39-47-61(5)6)57-83-87(75,76)81-53-63(70)54-82-88(77,78)84-58-65(56-80-67(72)50-42-34-28-26-32-40-48-62(7)8)86-69(74)52-44-36-24-20-16-15-18-22-30-38-46-60(3)4/h59-65,70H,9-58H2,1-8H3,(H,75,76)(H,77,78)/t63-,64-,65-/m1/s1. The number of rotatable bonds is 66. The summed E-state index contributed by atoms with van der Waals surface area (Å²) in [6.07, 6.45) is 40.6. The van der Waals surface area contributed by atoms with Gasteiger partial charge in [0.05, 0.1) is 26.4 Å². The van der Waals surface area contributed by atoms with Gasteiger partial charge in [0.25, 0.3) is 0 Å². The molecule has 3 N–H and O–H groups in total. The fraction of sp³-hybridized carbons (Fsp3) is 0.942. The van der Waals surface area contributed by atoms with Gasteiger partial charge in [0.2, 0.25) is 0 Å². The fourth-order valence-electron chi connectivity index (χ4n) is 10.3. The third kappa shape index (κ3) is 62.8. The number of hydrogen-bond acceptors (Lipinski definition) is 15. The topological polar surface area (TPSA) is 237 Å². The lowest BCUT2D eigenvalue weighted by atomic mass is 10.0. The number of unbranched alkanes of at least 4 members (excludes halogenated alkanes) is 32. The normalized spacial score (nSPS) is 14.3. The molecule has 0 heterocycles. The van der Waals surface area contributed by atoms with Crippen LogP contribution in [0.4, 0.5) is 0 Å². The molecule has 0 aliphatic rings. The van der Waals surface area contributed by atoms with Crippen molar-refractivity contribution in [2.75, 3.05) is 39.6 Å². The first-order valence-electron chi connectivity index (χ1n) is 35.7. The van der Waals surface area contributed by atoms with E-state index in [0.29, 0.717) is 37.5 Å². The number of aliphatic hydroxyl groups excluding tert-OH is 1. The molecule has 0 rings (SSSR count). The average molecular weight is 1300 g/mol. The second-order valence-electron chi connectivity index (χ2n) is 26.8. The van der Waals surface area contributed by atoms with E-state index < -0.39 is 97.5 Å². The highest BCUT2D eigenvalue weighted by atomic mass is 31.2. The van der Waals surface area contributed by atoms with Gasteiger partial charge < -0.3 is 33.8 Å². The van der Waals surface area contributed by atoms with Crippen LogP contribution in [0.15, 0.2) is 0 Å². The molecule has 17 nitrogen and oxygen atoms in total. The Kier molecular flexibility index (Phi) is 57.6. The van der Waals surface area contributed by atoms with E-state index in [-0.39, 0.29) is 25.7 Å². The van der Waals surface area contributed by atoms with Crippen molar-refractivity contribution < 1.29 is 80.2 Å². The van der Waals surface area contributed by atoms with Crippen molar-refractivity contribution >= 4 is 39.5 Å². The Balaban J connectivity index is 5.21. The van der Waals surface area contributed by atoms with Crippen molar-refractivity contribution in [2.24, 2.45) is 23.7 Å². The molecular weight excluding hydrogens is 1160 g/mol. The highest BCUT2D eigenvalue weighted by Crippen LogP contribution is 2.45. The number of hydrogen-bond donors (Lipinski definition) is 3. The highest BCUT2D eigenvalue weighted by Gasteiger charge is 2.30. The lowest BCUT2D eigenvalue weighted by Gasteiger charge is -2.21. The van der Waals surface area contributed by atoms with E-state index in [0.717, 1.165) is 115 Å². The second-order valence-corrected chi connectivity index (χ2v) is 29.7. The Hall–Kier alpha value is -1.94. The van der Waals surface area contributed by atoms with Gasteiger partial charge in [-0.05, 0) is 49.4 Å². The van der Waals surface area contributed by atoms with Gasteiger partial charge in [0.1, 0.15) is 19.3 Å². The number of carbonyl (C=O) groups is 4. The summed E-state index contributed by atoms with van der Waals surface area (Å²) in [6.45, 7) is 14.0. The smallest absolute Gasteiger partial charge is 0.462 e.